The molecule has 3 aromatic rings. The molecule has 0 aliphatic rings. The van der Waals surface area contributed by atoms with Gasteiger partial charge in [-0.25, -0.2) is 0 Å². The van der Waals surface area contributed by atoms with Gasteiger partial charge in [-0.1, -0.05) is 0 Å². The van der Waals surface area contributed by atoms with Crippen LogP contribution < -0.4 is 10.2 Å². The second kappa shape index (κ2) is 4.92. The topological polar surface area (TPSA) is 48.0 Å². The van der Waals surface area contributed by atoms with E-state index in [9.17, 15) is 4.79 Å². The van der Waals surface area contributed by atoms with Gasteiger partial charge in [0.15, 0.2) is 0 Å². The number of aromatic nitrogens is 2. The summed E-state index contributed by atoms with van der Waals surface area (Å²) in [6.45, 7) is 0. The van der Waals surface area contributed by atoms with Gasteiger partial charge in [0, 0.05) is 0 Å². The van der Waals surface area contributed by atoms with Crippen LogP contribution >= 0.6 is 0 Å². The Bertz CT molecular complexity index is 836. The first kappa shape index (κ1) is 12.6. The first-order valence-corrected chi connectivity index (χ1v) is 7.61. The van der Waals surface area contributed by atoms with E-state index in [0.29, 0.717) is 11.1 Å². The molecule has 1 aromatic carbocycles. The molecule has 0 spiro atoms. The Hall–Kier alpha value is -1.43. The predicted octanol–water partition coefficient (Wildman–Crippen LogP) is 0.350. The van der Waals surface area contributed by atoms with Crippen molar-refractivity contribution in [3.8, 4) is 11.3 Å². The zero-order valence-corrected chi connectivity index (χ0v) is 12.3. The third-order valence-corrected chi connectivity index (χ3v) is 3.98. The van der Waals surface area contributed by atoms with Crippen molar-refractivity contribution in [2.45, 2.75) is 0 Å². The van der Waals surface area contributed by atoms with E-state index in [0.717, 1.165) is 15.6 Å². The van der Waals surface area contributed by atoms with Gasteiger partial charge in [-0.15, -0.1) is 0 Å². The normalized spacial score (nSPS) is 10.5. The zero-order chi connectivity index (χ0) is 13.4. The van der Waals surface area contributed by atoms with Crippen LogP contribution in [0.25, 0.3) is 22.2 Å². The van der Waals surface area contributed by atoms with Crippen LogP contribution in [-0.4, -0.2) is 45.4 Å². The van der Waals surface area contributed by atoms with Crippen molar-refractivity contribution in [2.24, 2.45) is 0 Å². The third kappa shape index (κ3) is 2.25. The molecule has 88 valence electrons. The van der Waals surface area contributed by atoms with E-state index in [2.05, 4.69) is 27.0 Å². The Morgan fingerprint density at radius 1 is 1.32 bits per heavy atom. The summed E-state index contributed by atoms with van der Waals surface area (Å²) in [5.41, 5.74) is 1.48. The van der Waals surface area contributed by atoms with Crippen molar-refractivity contribution < 1.29 is 4.42 Å². The second-order valence-electron chi connectivity index (χ2n) is 4.09. The number of fused-ring (bicyclic) bond motifs is 1. The van der Waals surface area contributed by atoms with Gasteiger partial charge in [0.25, 0.3) is 0 Å². The Kier molecular flexibility index (Phi) is 3.27. The molecule has 0 saturated heterocycles. The SMILES string of the molecule is [CH2]=[Al][c]1cc(-c2cc3ccccc3oc2=O)[n]([Al])n1. The summed E-state index contributed by atoms with van der Waals surface area (Å²) >= 11 is 2.35. The van der Waals surface area contributed by atoms with E-state index >= 15 is 0 Å². The average Bonchev–Trinajstić information content (AvgIpc) is 2.79. The Labute approximate surface area is 123 Å². The molecule has 0 N–H and O–H groups in total. The van der Waals surface area contributed by atoms with E-state index in [1.807, 2.05) is 30.3 Å². The number of hydrogen-bond acceptors (Lipinski definition) is 3. The second-order valence-corrected chi connectivity index (χ2v) is 5.58. The monoisotopic (exact) mass is 278 g/mol. The molecule has 19 heavy (non-hydrogen) atoms. The predicted molar refractivity (Wildman–Crippen MR) is 77.4 cm³/mol. The number of para-hydroxylation sites is 1. The molecule has 0 fully saturated rings. The summed E-state index contributed by atoms with van der Waals surface area (Å²) in [5, 5.41) is 9.07. The van der Waals surface area contributed by atoms with Gasteiger partial charge in [0.2, 0.25) is 0 Å². The Morgan fingerprint density at radius 3 is 2.84 bits per heavy atom. The van der Waals surface area contributed by atoms with Crippen LogP contribution in [0.3, 0.4) is 0 Å². The number of rotatable bonds is 2. The molecule has 0 amide bonds. The fourth-order valence-corrected chi connectivity index (χ4v) is 2.92. The fourth-order valence-electron chi connectivity index (χ4n) is 1.95. The summed E-state index contributed by atoms with van der Waals surface area (Å²) in [6.07, 6.45) is 0. The fraction of sp³-hybridized carbons (Fsp3) is 0. The van der Waals surface area contributed by atoms with Crippen molar-refractivity contribution in [3.05, 3.63) is 46.8 Å². The van der Waals surface area contributed by atoms with Gasteiger partial charge in [0.05, 0.1) is 0 Å². The molecule has 0 unspecified atom stereocenters. The molecule has 2 aromatic heterocycles. The number of benzene rings is 1. The van der Waals surface area contributed by atoms with E-state index in [-0.39, 0.29) is 20.4 Å². The van der Waals surface area contributed by atoms with Crippen LogP contribution in [0.4, 0.5) is 0 Å². The zero-order valence-electron chi connectivity index (χ0n) is 10.0. The molecule has 3 rings (SSSR count). The molecule has 0 bridgehead atoms. The first-order valence-electron chi connectivity index (χ1n) is 5.70. The number of nitrogens with zero attached hydrogens (tertiary/aromatic N) is 2. The molecule has 0 saturated carbocycles. The maximum atomic E-state index is 12.1. The Balaban J connectivity index is 2.29. The minimum atomic E-state index is -0.354. The molecule has 6 heteroatoms. The summed E-state index contributed by atoms with van der Waals surface area (Å²) in [5.74, 6) is 0. The van der Waals surface area contributed by atoms with Gasteiger partial charge in [-0.3, -0.25) is 0 Å². The standard InChI is InChI=1S/C12H6N2O2.CH2.2Al/c15-12-9(10-5-6-13-14-10)7-8-3-1-2-4-11(8)16-12;;;/h1-5,7H;1H2;;/q-1;;;+1. The third-order valence-electron chi connectivity index (χ3n) is 2.88. The van der Waals surface area contributed by atoms with Crippen LogP contribution in [0.1, 0.15) is 0 Å². The average molecular weight is 278 g/mol. The van der Waals surface area contributed by atoms with Crippen molar-refractivity contribution in [1.82, 2.24) is 8.76 Å². The summed E-state index contributed by atoms with van der Waals surface area (Å²) in [7, 11) is 0. The maximum absolute atomic E-state index is 12.1. The quantitative estimate of drug-likeness (QED) is 0.502. The van der Waals surface area contributed by atoms with Gasteiger partial charge in [-0.05, 0) is 0 Å². The molecule has 4 nitrogen and oxygen atoms in total. The van der Waals surface area contributed by atoms with Crippen LogP contribution in [0.2, 0.25) is 0 Å². The van der Waals surface area contributed by atoms with Crippen molar-refractivity contribution >= 4 is 52.2 Å². The van der Waals surface area contributed by atoms with Crippen molar-refractivity contribution in [1.29, 1.82) is 0 Å². The minimum absolute atomic E-state index is 0.127. The van der Waals surface area contributed by atoms with Crippen LogP contribution in [0, 0.1) is 0 Å². The number of hydrogen-bond donors (Lipinski definition) is 0. The van der Waals surface area contributed by atoms with Crippen LogP contribution in [0.15, 0.2) is 45.6 Å². The van der Waals surface area contributed by atoms with Gasteiger partial charge >= 0.3 is 123 Å². The molecular weight excluding hydrogens is 270 g/mol. The first-order chi connectivity index (χ1) is 9.19. The summed E-state index contributed by atoms with van der Waals surface area (Å²) in [6, 6.07) is 11.2. The molecule has 2 radical (unpaired) electrons. The van der Waals surface area contributed by atoms with Crippen molar-refractivity contribution in [2.75, 3.05) is 0 Å². The van der Waals surface area contributed by atoms with Crippen LogP contribution in [-0.2, 0) is 0 Å². The van der Waals surface area contributed by atoms with E-state index < -0.39 is 0 Å². The molecule has 0 aliphatic heterocycles. The molecule has 0 atom stereocenters. The molecule has 2 heterocycles. The summed E-state index contributed by atoms with van der Waals surface area (Å²) < 4.78 is 7.86. The van der Waals surface area contributed by atoms with Gasteiger partial charge in [-0.2, -0.15) is 0 Å². The van der Waals surface area contributed by atoms with Crippen molar-refractivity contribution in [3.63, 3.8) is 0 Å². The van der Waals surface area contributed by atoms with Gasteiger partial charge < -0.3 is 0 Å². The van der Waals surface area contributed by atoms with Gasteiger partial charge in [0.1, 0.15) is 0 Å². The van der Waals surface area contributed by atoms with E-state index in [4.69, 9.17) is 4.42 Å². The van der Waals surface area contributed by atoms with Crippen LogP contribution in [0.5, 0.6) is 0 Å². The molecular formula is C13H8Al2N2O2. The Morgan fingerprint density at radius 2 is 2.11 bits per heavy atom. The van der Waals surface area contributed by atoms with E-state index in [1.165, 1.54) is 0 Å². The van der Waals surface area contributed by atoms with E-state index in [1.54, 1.807) is 9.73 Å². The molecule has 0 aliphatic carbocycles. The summed E-state index contributed by atoms with van der Waals surface area (Å²) in [4.78, 5) is 12.1.